The zero-order valence-electron chi connectivity index (χ0n) is 17.5. The van der Waals surface area contributed by atoms with E-state index in [0.29, 0.717) is 22.1 Å². The van der Waals surface area contributed by atoms with E-state index in [9.17, 15) is 4.79 Å². The molecule has 0 aliphatic carbocycles. The average Bonchev–Trinajstić information content (AvgIpc) is 2.78. The molecule has 0 atom stereocenters. The molecule has 0 saturated heterocycles. The number of aromatic carboxylic acids is 1. The van der Waals surface area contributed by atoms with Crippen LogP contribution in [0.2, 0.25) is 5.02 Å². The number of ether oxygens (including phenoxy) is 1. The number of carboxylic acid groups (broad SMARTS) is 1. The summed E-state index contributed by atoms with van der Waals surface area (Å²) in [5.41, 5.74) is 2.40. The minimum absolute atomic E-state index is 0.224. The molecule has 0 bridgehead atoms. The van der Waals surface area contributed by atoms with Crippen LogP contribution in [0.1, 0.15) is 10.4 Å². The molecule has 2 N–H and O–H groups in total. The van der Waals surface area contributed by atoms with E-state index in [1.54, 1.807) is 31.4 Å². The lowest BCUT2D eigenvalue weighted by Gasteiger charge is -2.17. The van der Waals surface area contributed by atoms with Crippen LogP contribution in [-0.2, 0) is 0 Å². The maximum Gasteiger partial charge on any atom is 0.335 e. The molecule has 176 valence electrons. The maximum absolute atomic E-state index is 11.1. The van der Waals surface area contributed by atoms with E-state index < -0.39 is 16.2 Å². The Hall–Kier alpha value is -3.44. The molecule has 11 heteroatoms. The van der Waals surface area contributed by atoms with Gasteiger partial charge in [-0.25, -0.2) is 28.4 Å². The van der Waals surface area contributed by atoms with Gasteiger partial charge in [-0.2, -0.15) is 0 Å². The number of fused-ring (bicyclic) bond motifs is 1. The standard InChI is InChI=1S/C23H16ClNO4.ClHO4/c1-28-16-10-11-21-18(12-16)20(25-15-8-6-14(7-9-15)23(26)27)13-22(29-21)17-4-2-3-5-19(17)24;2-1(3,4)5/h2-13H,1H3,(H,26,27);(H,2,3,4,5). The Morgan fingerprint density at radius 3 is 2.24 bits per heavy atom. The molecule has 0 aliphatic rings. The van der Waals surface area contributed by atoms with E-state index in [1.807, 2.05) is 48.5 Å². The monoisotopic (exact) mass is 505 g/mol. The van der Waals surface area contributed by atoms with Crippen LogP contribution in [0.4, 0.5) is 5.69 Å². The summed E-state index contributed by atoms with van der Waals surface area (Å²) in [7, 11) is -3.34. The minimum Gasteiger partial charge on any atom is -0.497 e. The highest BCUT2D eigenvalue weighted by Gasteiger charge is 2.13. The van der Waals surface area contributed by atoms with E-state index in [-0.39, 0.29) is 5.56 Å². The minimum atomic E-state index is -4.94. The fourth-order valence-electron chi connectivity index (χ4n) is 3.04. The fraction of sp³-hybridized carbons (Fsp3) is 0.0435. The van der Waals surface area contributed by atoms with Crippen molar-refractivity contribution in [3.63, 3.8) is 0 Å². The summed E-state index contributed by atoms with van der Waals surface area (Å²) in [5.74, 6) is 0.339. The Morgan fingerprint density at radius 2 is 1.65 bits per heavy atom. The Bertz CT molecular complexity index is 1370. The normalized spacial score (nSPS) is 11.6. The van der Waals surface area contributed by atoms with Gasteiger partial charge in [0.05, 0.1) is 29.1 Å². The Balaban J connectivity index is 0.000000588. The van der Waals surface area contributed by atoms with Gasteiger partial charge in [0.25, 0.3) is 0 Å². The number of carbonyl (C=O) groups is 1. The molecule has 0 unspecified atom stereocenters. The highest BCUT2D eigenvalue weighted by molar-refractivity contribution is 6.33. The topological polar surface area (TPSA) is 166 Å². The van der Waals surface area contributed by atoms with Gasteiger partial charge >= 0.3 is 5.97 Å². The third kappa shape index (κ3) is 6.78. The summed E-state index contributed by atoms with van der Waals surface area (Å²) in [6.45, 7) is 0. The molecule has 0 aliphatic heterocycles. The zero-order valence-corrected chi connectivity index (χ0v) is 19.0. The van der Waals surface area contributed by atoms with Crippen LogP contribution in [0.5, 0.6) is 5.75 Å². The van der Waals surface area contributed by atoms with Gasteiger partial charge in [-0.05, 0) is 42.5 Å². The van der Waals surface area contributed by atoms with Crippen LogP contribution in [0.3, 0.4) is 0 Å². The van der Waals surface area contributed by atoms with Crippen molar-refractivity contribution in [3.8, 4) is 17.1 Å². The number of nitrogens with one attached hydrogen (secondary N) is 1. The second-order valence-corrected chi connectivity index (χ2v) is 7.91. The predicted molar refractivity (Wildman–Crippen MR) is 110 cm³/mol. The first-order valence-electron chi connectivity index (χ1n) is 9.47. The number of halogens is 2. The van der Waals surface area contributed by atoms with E-state index >= 15 is 0 Å². The molecule has 4 rings (SSSR count). The van der Waals surface area contributed by atoms with Gasteiger partial charge in [0.2, 0.25) is 11.0 Å². The number of hydrogen-bond donors (Lipinski definition) is 2. The maximum atomic E-state index is 11.1. The van der Waals surface area contributed by atoms with Crippen molar-refractivity contribution in [3.05, 3.63) is 88.7 Å². The van der Waals surface area contributed by atoms with Crippen molar-refractivity contribution in [2.24, 2.45) is 0 Å². The Kier molecular flexibility index (Phi) is 7.90. The molecule has 0 fully saturated rings. The molecule has 1 aromatic heterocycles. The van der Waals surface area contributed by atoms with Crippen molar-refractivity contribution in [1.29, 1.82) is 0 Å². The van der Waals surface area contributed by atoms with Gasteiger partial charge in [0.1, 0.15) is 17.1 Å². The smallest absolute Gasteiger partial charge is 0.335 e. The van der Waals surface area contributed by atoms with E-state index in [1.165, 1.54) is 0 Å². The molecule has 3 aromatic carbocycles. The van der Waals surface area contributed by atoms with Crippen molar-refractivity contribution in [1.82, 2.24) is 0 Å². The highest BCUT2D eigenvalue weighted by atomic mass is 35.7. The van der Waals surface area contributed by atoms with Crippen LogP contribution in [0.15, 0.2) is 77.2 Å². The second-order valence-electron chi connectivity index (χ2n) is 6.75. The van der Waals surface area contributed by atoms with Crippen LogP contribution in [0.25, 0.3) is 22.3 Å². The van der Waals surface area contributed by atoms with Crippen molar-refractivity contribution in [2.75, 3.05) is 7.11 Å². The summed E-state index contributed by atoms with van der Waals surface area (Å²) in [4.78, 5) is 14.4. The largest absolute Gasteiger partial charge is 0.497 e. The molecule has 0 spiro atoms. The summed E-state index contributed by atoms with van der Waals surface area (Å²) in [6, 6.07) is 21.4. The van der Waals surface area contributed by atoms with Gasteiger partial charge in [0, 0.05) is 17.7 Å². The molecule has 0 radical (unpaired) electrons. The molecule has 0 saturated carbocycles. The van der Waals surface area contributed by atoms with Crippen LogP contribution >= 0.6 is 11.6 Å². The third-order valence-electron chi connectivity index (χ3n) is 4.52. The lowest BCUT2D eigenvalue weighted by molar-refractivity contribution is -2.00. The molecular weight excluding hydrogens is 489 g/mol. The Labute approximate surface area is 200 Å². The molecule has 9 nitrogen and oxygen atoms in total. The van der Waals surface area contributed by atoms with E-state index in [2.05, 4.69) is 4.99 Å². The molecule has 4 aromatic rings. The van der Waals surface area contributed by atoms with Gasteiger partial charge in [-0.3, -0.25) is 0 Å². The molecule has 1 heterocycles. The van der Waals surface area contributed by atoms with Crippen molar-refractivity contribution < 1.29 is 52.9 Å². The van der Waals surface area contributed by atoms with Gasteiger partial charge in [-0.15, -0.1) is 10.2 Å². The lowest BCUT2D eigenvalue weighted by atomic mass is 10.1. The average molecular weight is 506 g/mol. The zero-order chi connectivity index (χ0) is 24.9. The second kappa shape index (κ2) is 10.7. The Morgan fingerprint density at radius 1 is 1.00 bits per heavy atom. The summed E-state index contributed by atoms with van der Waals surface area (Å²) < 4.78 is 45.4. The lowest BCUT2D eigenvalue weighted by Crippen LogP contribution is -2.70. The van der Waals surface area contributed by atoms with Gasteiger partial charge in [-0.1, -0.05) is 23.7 Å². The number of benzene rings is 3. The first kappa shape index (κ1) is 25.2. The van der Waals surface area contributed by atoms with Crippen molar-refractivity contribution in [2.45, 2.75) is 0 Å². The first-order valence-corrected chi connectivity index (χ1v) is 11.1. The van der Waals surface area contributed by atoms with Crippen LogP contribution in [0, 0.1) is 10.2 Å². The summed E-state index contributed by atoms with van der Waals surface area (Å²) in [5, 5.41) is 11.3. The number of rotatable bonds is 4. The quantitative estimate of drug-likeness (QED) is 0.356. The van der Waals surface area contributed by atoms with E-state index in [0.717, 1.165) is 22.0 Å². The first-order chi connectivity index (χ1) is 16.0. The number of methoxy groups -OCH3 is 1. The summed E-state index contributed by atoms with van der Waals surface area (Å²) >= 11 is 6.36. The van der Waals surface area contributed by atoms with E-state index in [4.69, 9.17) is 44.5 Å². The molecular formula is C23H17Cl2NO8. The molecule has 34 heavy (non-hydrogen) atoms. The molecule has 0 amide bonds. The van der Waals surface area contributed by atoms with Gasteiger partial charge in [0.15, 0.2) is 0 Å². The SMILES string of the molecule is COc1ccc2oc(-c3ccccc3Cl)cc(=[NH+]c3ccc(C(=O)O)cc3)c2c1.[O-][Cl+3]([O-])([O-])[O-]. The predicted octanol–water partition coefficient (Wildman–Crippen LogP) is -0.983. The number of hydrogen-bond acceptors (Lipinski definition) is 7. The summed E-state index contributed by atoms with van der Waals surface area (Å²) in [6.07, 6.45) is 0. The van der Waals surface area contributed by atoms with Crippen molar-refractivity contribution >= 4 is 34.2 Å². The number of carboxylic acids is 1. The van der Waals surface area contributed by atoms with Crippen LogP contribution < -0.4 is 33.7 Å². The fourth-order valence-corrected chi connectivity index (χ4v) is 3.27. The van der Waals surface area contributed by atoms with Gasteiger partial charge < -0.3 is 14.3 Å². The third-order valence-corrected chi connectivity index (χ3v) is 4.85. The van der Waals surface area contributed by atoms with Crippen LogP contribution in [-0.4, -0.2) is 18.2 Å². The highest BCUT2D eigenvalue weighted by Crippen LogP contribution is 2.29.